The average Bonchev–Trinajstić information content (AvgIpc) is 3.44. The number of fused-ring (bicyclic) bond motifs is 2. The summed E-state index contributed by atoms with van der Waals surface area (Å²) in [6, 6.07) is 21.7. The minimum atomic E-state index is -2.27. The number of carbonyl (C=O) groups is 2. The lowest BCUT2D eigenvalue weighted by Gasteiger charge is -2.37. The molecule has 2 amide bonds. The predicted molar refractivity (Wildman–Crippen MR) is 176 cm³/mol. The first-order chi connectivity index (χ1) is 21.1. The lowest BCUT2D eigenvalue weighted by molar-refractivity contribution is -0.146. The molecule has 2 fully saturated rings. The van der Waals surface area contributed by atoms with Gasteiger partial charge in [0, 0.05) is 41.9 Å². The Bertz CT molecular complexity index is 1570. The van der Waals surface area contributed by atoms with Gasteiger partial charge in [-0.2, -0.15) is 0 Å². The number of anilines is 2. The number of benzene rings is 3. The van der Waals surface area contributed by atoms with Gasteiger partial charge in [-0.25, -0.2) is 0 Å². The van der Waals surface area contributed by atoms with Crippen molar-refractivity contribution >= 4 is 48.1 Å². The summed E-state index contributed by atoms with van der Waals surface area (Å²) in [5.74, 6) is 0.536. The molecular weight excluding hydrogens is 594 g/mol. The Kier molecular flexibility index (Phi) is 8.36. The van der Waals surface area contributed by atoms with Gasteiger partial charge < -0.3 is 29.7 Å². The summed E-state index contributed by atoms with van der Waals surface area (Å²) in [6.45, 7) is 8.71. The summed E-state index contributed by atoms with van der Waals surface area (Å²) in [7, 11) is -0.612. The Morgan fingerprint density at radius 2 is 1.89 bits per heavy atom. The number of rotatable bonds is 8. The van der Waals surface area contributed by atoms with Crippen molar-refractivity contribution in [1.29, 1.82) is 0 Å². The highest BCUT2D eigenvalue weighted by molar-refractivity contribution is 6.91. The zero-order valence-corrected chi connectivity index (χ0v) is 27.4. The highest BCUT2D eigenvalue weighted by Gasteiger charge is 2.66. The van der Waals surface area contributed by atoms with Crippen molar-refractivity contribution in [2.75, 3.05) is 43.2 Å². The van der Waals surface area contributed by atoms with Crippen molar-refractivity contribution in [2.45, 2.75) is 50.2 Å². The molecule has 0 radical (unpaired) electrons. The molecule has 0 aliphatic carbocycles. The molecule has 3 aromatic carbocycles. The molecule has 3 heterocycles. The lowest BCUT2D eigenvalue weighted by atomic mass is 9.82. The van der Waals surface area contributed by atoms with E-state index in [1.807, 2.05) is 54.6 Å². The van der Waals surface area contributed by atoms with E-state index in [-0.39, 0.29) is 36.0 Å². The highest BCUT2D eigenvalue weighted by Crippen LogP contribution is 2.60. The van der Waals surface area contributed by atoms with E-state index in [0.717, 1.165) is 34.8 Å². The van der Waals surface area contributed by atoms with E-state index in [0.29, 0.717) is 31.1 Å². The third-order valence-corrected chi connectivity index (χ3v) is 14.5. The zero-order valence-electron chi connectivity index (χ0n) is 25.7. The summed E-state index contributed by atoms with van der Waals surface area (Å²) < 4.78 is 12.4. The number of amides is 2. The molecule has 0 aromatic heterocycles. The molecule has 2 saturated heterocycles. The minimum absolute atomic E-state index is 0.0300. The standard InChI is InChI=1S/C34H40ClN3O5Si/c1-22-32(44(3,4)27-11-9-26(42-2)10-12-27)30(14-17-39)43-34(22)28-19-24(35)8-13-29(28)38(33(34)41)21-23-6-5-7-25(18-23)37-16-15-36-20-31(37)40/h5-13,18-19,22,30,32,36,39H,14-17,20-21H2,1-4H3/t22-,30+,32-,34+/m0/s1. The van der Waals surface area contributed by atoms with Crippen LogP contribution in [-0.4, -0.2) is 64.4 Å². The number of piperazine rings is 1. The quantitative estimate of drug-likeness (QED) is 0.357. The van der Waals surface area contributed by atoms with Crippen LogP contribution in [0.15, 0.2) is 66.7 Å². The van der Waals surface area contributed by atoms with Crippen LogP contribution in [0.5, 0.6) is 5.75 Å². The first-order valence-corrected chi connectivity index (χ1v) is 18.7. The number of nitrogens with one attached hydrogen (secondary N) is 1. The molecule has 10 heteroatoms. The van der Waals surface area contributed by atoms with Gasteiger partial charge >= 0.3 is 0 Å². The zero-order chi connectivity index (χ0) is 31.2. The fourth-order valence-electron chi connectivity index (χ4n) is 7.72. The molecule has 8 nitrogen and oxygen atoms in total. The number of hydrogen-bond acceptors (Lipinski definition) is 6. The van der Waals surface area contributed by atoms with Crippen LogP contribution in [0.3, 0.4) is 0 Å². The summed E-state index contributed by atoms with van der Waals surface area (Å²) in [4.78, 5) is 31.0. The fraction of sp³-hybridized carbons (Fsp3) is 0.412. The van der Waals surface area contributed by atoms with Gasteiger partial charge in [-0.05, 0) is 60.0 Å². The van der Waals surface area contributed by atoms with E-state index >= 15 is 0 Å². The van der Waals surface area contributed by atoms with Crippen molar-refractivity contribution in [3.8, 4) is 5.75 Å². The SMILES string of the molecule is COc1ccc([Si](C)(C)[C@@H]2[C@@H](CCO)O[C@]3(C(=O)N(Cc4cccc(N5CCNCC5=O)c4)c4ccc(Cl)cc43)[C@H]2C)cc1. The number of aliphatic hydroxyl groups excluding tert-OH is 1. The van der Waals surface area contributed by atoms with Gasteiger partial charge in [0.1, 0.15) is 5.75 Å². The first kappa shape index (κ1) is 30.8. The lowest BCUT2D eigenvalue weighted by Crippen LogP contribution is -2.51. The molecule has 3 aromatic rings. The maximum Gasteiger partial charge on any atom is 0.264 e. The molecule has 2 N–H and O–H groups in total. The van der Waals surface area contributed by atoms with Crippen molar-refractivity contribution < 1.29 is 24.2 Å². The molecule has 6 rings (SSSR count). The molecule has 0 bridgehead atoms. The number of aliphatic hydroxyl groups is 1. The second kappa shape index (κ2) is 11.9. The number of ether oxygens (including phenoxy) is 2. The topological polar surface area (TPSA) is 91.3 Å². The second-order valence-electron chi connectivity index (χ2n) is 12.6. The van der Waals surface area contributed by atoms with Gasteiger partial charge in [0.2, 0.25) is 5.91 Å². The third kappa shape index (κ3) is 5.04. The minimum Gasteiger partial charge on any atom is -0.497 e. The van der Waals surface area contributed by atoms with Crippen molar-refractivity contribution in [2.24, 2.45) is 5.92 Å². The molecule has 44 heavy (non-hydrogen) atoms. The van der Waals surface area contributed by atoms with Crippen LogP contribution in [0.2, 0.25) is 23.7 Å². The summed E-state index contributed by atoms with van der Waals surface area (Å²) in [6.07, 6.45) is 0.129. The third-order valence-electron chi connectivity index (χ3n) is 9.86. The van der Waals surface area contributed by atoms with E-state index in [1.54, 1.807) is 16.9 Å². The Morgan fingerprint density at radius 3 is 2.59 bits per heavy atom. The van der Waals surface area contributed by atoms with Crippen LogP contribution < -0.4 is 25.0 Å². The molecule has 3 aliphatic rings. The molecule has 3 aliphatic heterocycles. The Balaban J connectivity index is 1.39. The Morgan fingerprint density at radius 1 is 1.11 bits per heavy atom. The average molecular weight is 634 g/mol. The van der Waals surface area contributed by atoms with E-state index < -0.39 is 13.7 Å². The van der Waals surface area contributed by atoms with Crippen LogP contribution in [0.25, 0.3) is 0 Å². The smallest absolute Gasteiger partial charge is 0.264 e. The maximum atomic E-state index is 14.8. The van der Waals surface area contributed by atoms with Gasteiger partial charge in [0.25, 0.3) is 5.91 Å². The molecule has 232 valence electrons. The van der Waals surface area contributed by atoms with Crippen LogP contribution in [-0.2, 0) is 26.5 Å². The number of hydrogen-bond donors (Lipinski definition) is 2. The molecule has 0 unspecified atom stereocenters. The van der Waals surface area contributed by atoms with Crippen molar-refractivity contribution in [3.05, 3.63) is 82.9 Å². The van der Waals surface area contributed by atoms with Crippen LogP contribution in [0, 0.1) is 5.92 Å². The Labute approximate surface area is 264 Å². The van der Waals surface area contributed by atoms with E-state index in [2.05, 4.69) is 37.5 Å². The van der Waals surface area contributed by atoms with E-state index in [9.17, 15) is 14.7 Å². The summed E-state index contributed by atoms with van der Waals surface area (Å²) >= 11 is 6.59. The van der Waals surface area contributed by atoms with E-state index in [4.69, 9.17) is 21.1 Å². The van der Waals surface area contributed by atoms with Crippen LogP contribution in [0.4, 0.5) is 11.4 Å². The molecule has 1 spiro atoms. The molecule has 0 saturated carbocycles. The molecular formula is C34H40ClN3O5Si. The van der Waals surface area contributed by atoms with Gasteiger partial charge in [0.15, 0.2) is 5.60 Å². The summed E-state index contributed by atoms with van der Waals surface area (Å²) in [5.41, 5.74) is 2.12. The fourth-order valence-corrected chi connectivity index (χ4v) is 12.0. The van der Waals surface area contributed by atoms with Gasteiger partial charge in [-0.3, -0.25) is 9.59 Å². The molecule has 4 atom stereocenters. The normalized spacial score (nSPS) is 25.2. The predicted octanol–water partition coefficient (Wildman–Crippen LogP) is 4.43. The van der Waals surface area contributed by atoms with Crippen LogP contribution >= 0.6 is 11.6 Å². The highest BCUT2D eigenvalue weighted by atomic mass is 35.5. The second-order valence-corrected chi connectivity index (χ2v) is 17.7. The summed E-state index contributed by atoms with van der Waals surface area (Å²) in [5, 5.41) is 15.0. The Hall–Kier alpha value is -3.21. The monoisotopic (exact) mass is 633 g/mol. The maximum absolute atomic E-state index is 14.8. The number of methoxy groups -OCH3 is 1. The number of carbonyl (C=O) groups excluding carboxylic acids is 2. The van der Waals surface area contributed by atoms with Gasteiger partial charge in [-0.15, -0.1) is 0 Å². The van der Waals surface area contributed by atoms with E-state index in [1.165, 1.54) is 5.19 Å². The number of nitrogens with zero attached hydrogens (tertiary/aromatic N) is 2. The van der Waals surface area contributed by atoms with Gasteiger partial charge in [0.05, 0.1) is 40.1 Å². The number of halogens is 1. The van der Waals surface area contributed by atoms with Crippen LogP contribution in [0.1, 0.15) is 24.5 Å². The van der Waals surface area contributed by atoms with Crippen molar-refractivity contribution in [1.82, 2.24) is 5.32 Å². The first-order valence-electron chi connectivity index (χ1n) is 15.3. The van der Waals surface area contributed by atoms with Crippen molar-refractivity contribution in [3.63, 3.8) is 0 Å². The van der Waals surface area contributed by atoms with Gasteiger partial charge in [-0.1, -0.05) is 61.1 Å². The largest absolute Gasteiger partial charge is 0.497 e.